The maximum atomic E-state index is 13.1. The molecule has 28 heavy (non-hydrogen) atoms. The summed E-state index contributed by atoms with van der Waals surface area (Å²) in [7, 11) is 0. The summed E-state index contributed by atoms with van der Waals surface area (Å²) in [6.07, 6.45) is 3.81. The smallest absolute Gasteiger partial charge is 0.315 e. The van der Waals surface area contributed by atoms with Gasteiger partial charge in [0.2, 0.25) is 0 Å². The molecule has 1 aromatic rings. The van der Waals surface area contributed by atoms with Crippen LogP contribution < -0.4 is 0 Å². The molecule has 1 aliphatic carbocycles. The maximum Gasteiger partial charge on any atom is 0.315 e. The molecular weight excluding hydrogens is 358 g/mol. The fourth-order valence-corrected chi connectivity index (χ4v) is 4.39. The second-order valence-electron chi connectivity index (χ2n) is 7.70. The van der Waals surface area contributed by atoms with Crippen molar-refractivity contribution >= 4 is 17.5 Å². The predicted molar refractivity (Wildman–Crippen MR) is 103 cm³/mol. The van der Waals surface area contributed by atoms with Crippen LogP contribution in [0.25, 0.3) is 0 Å². The number of aliphatic imine (C=N–C) groups is 1. The minimum Gasteiger partial charge on any atom is -0.508 e. The van der Waals surface area contributed by atoms with Crippen molar-refractivity contribution in [2.75, 3.05) is 13.2 Å². The lowest BCUT2D eigenvalue weighted by Gasteiger charge is -2.34. The number of hydrogen-bond donors (Lipinski definition) is 1. The Morgan fingerprint density at radius 3 is 2.75 bits per heavy atom. The Kier molecular flexibility index (Phi) is 5.31. The number of benzene rings is 1. The molecule has 1 aromatic carbocycles. The highest BCUT2D eigenvalue weighted by atomic mass is 16.6. The molecule has 4 rings (SSSR count). The second kappa shape index (κ2) is 7.87. The summed E-state index contributed by atoms with van der Waals surface area (Å²) in [6.45, 7) is 2.76. The summed E-state index contributed by atoms with van der Waals surface area (Å²) in [5.41, 5.74) is 2.90. The lowest BCUT2D eigenvalue weighted by Crippen LogP contribution is -2.38. The third-order valence-electron chi connectivity index (χ3n) is 5.78. The first-order valence-corrected chi connectivity index (χ1v) is 9.93. The number of ketones is 1. The summed E-state index contributed by atoms with van der Waals surface area (Å²) < 4.78 is 11.1. The number of allylic oxidation sites excluding steroid dienone is 2. The van der Waals surface area contributed by atoms with E-state index >= 15 is 0 Å². The van der Waals surface area contributed by atoms with Crippen LogP contribution in [-0.2, 0) is 19.1 Å². The molecule has 0 spiro atoms. The number of nitrogens with zero attached hydrogens (tertiary/aromatic N) is 1. The third kappa shape index (κ3) is 3.61. The van der Waals surface area contributed by atoms with Gasteiger partial charge < -0.3 is 14.6 Å². The van der Waals surface area contributed by atoms with Gasteiger partial charge in [-0.2, -0.15) is 0 Å². The standard InChI is InChI=1S/C22H25NO5/c1-13-19(22(26)28-12-16-4-3-11-27-16)20(14-7-9-15(24)10-8-14)21-17(23-13)5-2-6-18(21)25/h7-10,16,19-20,24H,2-6,11-12H2,1H3/t16-,19?,20+/m1/s1. The van der Waals surface area contributed by atoms with Crippen molar-refractivity contribution in [3.63, 3.8) is 0 Å². The van der Waals surface area contributed by atoms with Crippen LogP contribution in [0.4, 0.5) is 0 Å². The van der Waals surface area contributed by atoms with Gasteiger partial charge in [0.05, 0.1) is 6.10 Å². The van der Waals surface area contributed by atoms with Crippen molar-refractivity contribution < 1.29 is 24.2 Å². The van der Waals surface area contributed by atoms with Gasteiger partial charge in [0.1, 0.15) is 18.3 Å². The number of aromatic hydroxyl groups is 1. The van der Waals surface area contributed by atoms with Crippen molar-refractivity contribution in [1.29, 1.82) is 0 Å². The van der Waals surface area contributed by atoms with E-state index in [0.717, 1.165) is 36.9 Å². The fourth-order valence-electron chi connectivity index (χ4n) is 4.39. The van der Waals surface area contributed by atoms with Crippen molar-refractivity contribution in [2.45, 2.75) is 51.0 Å². The molecule has 0 radical (unpaired) electrons. The molecule has 0 saturated carbocycles. The molecule has 0 bridgehead atoms. The summed E-state index contributed by atoms with van der Waals surface area (Å²) in [5, 5.41) is 9.66. The van der Waals surface area contributed by atoms with Crippen LogP contribution in [0.1, 0.15) is 50.5 Å². The molecule has 1 unspecified atom stereocenters. The monoisotopic (exact) mass is 383 g/mol. The van der Waals surface area contributed by atoms with Crippen molar-refractivity contribution in [1.82, 2.24) is 0 Å². The Hall–Kier alpha value is -2.47. The minimum absolute atomic E-state index is 0.0486. The van der Waals surface area contributed by atoms with Gasteiger partial charge >= 0.3 is 5.97 Å². The van der Waals surface area contributed by atoms with Crippen LogP contribution >= 0.6 is 0 Å². The number of carbonyl (C=O) groups is 2. The number of hydrogen-bond acceptors (Lipinski definition) is 6. The van der Waals surface area contributed by atoms with E-state index in [1.807, 2.05) is 6.92 Å². The van der Waals surface area contributed by atoms with E-state index in [1.165, 1.54) is 0 Å². The number of phenolic OH excluding ortho intramolecular Hbond substituents is 1. The largest absolute Gasteiger partial charge is 0.508 e. The number of ether oxygens (including phenoxy) is 2. The summed E-state index contributed by atoms with van der Waals surface area (Å²) in [5.74, 6) is -1.26. The lowest BCUT2D eigenvalue weighted by atomic mass is 9.72. The van der Waals surface area contributed by atoms with Crippen molar-refractivity contribution in [3.05, 3.63) is 41.1 Å². The highest BCUT2D eigenvalue weighted by molar-refractivity contribution is 6.08. The van der Waals surface area contributed by atoms with Gasteiger partial charge in [0, 0.05) is 35.9 Å². The molecule has 3 atom stereocenters. The van der Waals surface area contributed by atoms with Crippen LogP contribution in [0.15, 0.2) is 40.5 Å². The average Bonchev–Trinajstić information content (AvgIpc) is 3.19. The maximum absolute atomic E-state index is 13.1. The average molecular weight is 383 g/mol. The Morgan fingerprint density at radius 1 is 1.25 bits per heavy atom. The van der Waals surface area contributed by atoms with Crippen LogP contribution in [0.3, 0.4) is 0 Å². The topological polar surface area (TPSA) is 85.2 Å². The first-order chi connectivity index (χ1) is 13.5. The highest BCUT2D eigenvalue weighted by Crippen LogP contribution is 2.43. The zero-order valence-electron chi connectivity index (χ0n) is 16.0. The summed E-state index contributed by atoms with van der Waals surface area (Å²) in [6, 6.07) is 6.70. The van der Waals surface area contributed by atoms with Crippen LogP contribution in [0, 0.1) is 5.92 Å². The number of carbonyl (C=O) groups excluding carboxylic acids is 2. The van der Waals surface area contributed by atoms with Gasteiger partial charge in [-0.05, 0) is 50.3 Å². The van der Waals surface area contributed by atoms with Gasteiger partial charge in [-0.1, -0.05) is 12.1 Å². The van der Waals surface area contributed by atoms with E-state index in [9.17, 15) is 14.7 Å². The predicted octanol–water partition coefficient (Wildman–Crippen LogP) is 3.30. The Balaban J connectivity index is 1.67. The van der Waals surface area contributed by atoms with E-state index in [-0.39, 0.29) is 30.2 Å². The van der Waals surface area contributed by atoms with Gasteiger partial charge in [0.25, 0.3) is 0 Å². The SMILES string of the molecule is CC1=NC2=C(C(=O)CCC2)[C@@H](c2ccc(O)cc2)C1C(=O)OC[C@H]1CCCO1. The number of esters is 1. The van der Waals surface area contributed by atoms with Gasteiger partial charge in [-0.25, -0.2) is 0 Å². The first kappa shape index (κ1) is 18.9. The van der Waals surface area contributed by atoms with E-state index in [2.05, 4.69) is 4.99 Å². The molecule has 1 N–H and O–H groups in total. The second-order valence-corrected chi connectivity index (χ2v) is 7.70. The Bertz CT molecular complexity index is 833. The number of Topliss-reactive ketones (excluding diaryl/α,β-unsaturated/α-hetero) is 1. The van der Waals surface area contributed by atoms with Crippen molar-refractivity contribution in [3.8, 4) is 5.75 Å². The van der Waals surface area contributed by atoms with E-state index in [1.54, 1.807) is 24.3 Å². The molecule has 6 nitrogen and oxygen atoms in total. The van der Waals surface area contributed by atoms with Crippen LogP contribution in [0.2, 0.25) is 0 Å². The van der Waals surface area contributed by atoms with Crippen LogP contribution in [-0.4, -0.2) is 41.9 Å². The molecule has 1 fully saturated rings. The molecule has 6 heteroatoms. The quantitative estimate of drug-likeness (QED) is 0.807. The molecule has 3 aliphatic rings. The lowest BCUT2D eigenvalue weighted by molar-refractivity contribution is -0.149. The summed E-state index contributed by atoms with van der Waals surface area (Å²) in [4.78, 5) is 30.5. The fraction of sp³-hybridized carbons (Fsp3) is 0.500. The highest BCUT2D eigenvalue weighted by Gasteiger charge is 2.43. The molecule has 148 valence electrons. The van der Waals surface area contributed by atoms with E-state index in [4.69, 9.17) is 9.47 Å². The van der Waals surface area contributed by atoms with E-state index < -0.39 is 11.8 Å². The minimum atomic E-state index is -0.647. The van der Waals surface area contributed by atoms with Gasteiger partial charge in [-0.3, -0.25) is 14.6 Å². The normalized spacial score (nSPS) is 27.4. The van der Waals surface area contributed by atoms with Crippen molar-refractivity contribution in [2.24, 2.45) is 10.9 Å². The van der Waals surface area contributed by atoms with Crippen LogP contribution in [0.5, 0.6) is 5.75 Å². The molecule has 0 aromatic heterocycles. The molecule has 2 aliphatic heterocycles. The molecule has 0 amide bonds. The number of rotatable bonds is 4. The first-order valence-electron chi connectivity index (χ1n) is 9.93. The summed E-state index contributed by atoms with van der Waals surface area (Å²) >= 11 is 0. The molecule has 1 saturated heterocycles. The zero-order chi connectivity index (χ0) is 19.7. The van der Waals surface area contributed by atoms with Gasteiger partial charge in [0.15, 0.2) is 5.78 Å². The van der Waals surface area contributed by atoms with E-state index in [0.29, 0.717) is 24.3 Å². The number of phenols is 1. The molecular formula is C22H25NO5. The molecule has 2 heterocycles. The zero-order valence-corrected chi connectivity index (χ0v) is 16.0. The third-order valence-corrected chi connectivity index (χ3v) is 5.78. The Labute approximate surface area is 164 Å². The van der Waals surface area contributed by atoms with Gasteiger partial charge in [-0.15, -0.1) is 0 Å². The Morgan fingerprint density at radius 2 is 2.04 bits per heavy atom.